The predicted molar refractivity (Wildman–Crippen MR) is 144 cm³/mol. The van der Waals surface area contributed by atoms with E-state index in [0.29, 0.717) is 17.4 Å². The van der Waals surface area contributed by atoms with Crippen LogP contribution in [-0.2, 0) is 13.6 Å². The molecule has 0 aromatic rings. The summed E-state index contributed by atoms with van der Waals surface area (Å²) in [4.78, 5) is 9.68. The van der Waals surface area contributed by atoms with Crippen molar-refractivity contribution in [3.05, 3.63) is 0 Å². The quantitative estimate of drug-likeness (QED) is 0.0714. The minimum atomic E-state index is -4.08. The lowest BCUT2D eigenvalue weighted by molar-refractivity contribution is -0.870. The molecule has 0 aromatic carbocycles. The monoisotopic (exact) mass is 508 g/mol. The van der Waals surface area contributed by atoms with E-state index in [-0.39, 0.29) is 13.2 Å². The van der Waals surface area contributed by atoms with Crippen molar-refractivity contribution in [3.8, 4) is 0 Å². The van der Waals surface area contributed by atoms with Crippen LogP contribution in [0.2, 0.25) is 0 Å². The molecule has 0 fully saturated rings. The molecule has 0 aliphatic carbocycles. The lowest BCUT2D eigenvalue weighted by atomic mass is 10.0. The number of unbranched alkanes of at least 4 members (excludes halogenated alkanes) is 17. The maximum atomic E-state index is 11.8. The average molecular weight is 509 g/mol. The topological polar surface area (TPSA) is 76.0 Å². The second kappa shape index (κ2) is 22.2. The van der Waals surface area contributed by atoms with Crippen LogP contribution < -0.4 is 0 Å². The molecule has 0 heterocycles. The van der Waals surface area contributed by atoms with Gasteiger partial charge in [-0.1, -0.05) is 122 Å². The number of likely N-dealkylation sites (N-methyl/N-ethyl adjacent to an activating group) is 1. The summed E-state index contributed by atoms with van der Waals surface area (Å²) in [6, 6.07) is 0. The minimum absolute atomic E-state index is 0.145. The lowest BCUT2D eigenvalue weighted by Crippen LogP contribution is -2.37. The van der Waals surface area contributed by atoms with Gasteiger partial charge in [0.1, 0.15) is 13.2 Å². The molecule has 0 saturated heterocycles. The zero-order valence-corrected chi connectivity index (χ0v) is 24.0. The summed E-state index contributed by atoms with van der Waals surface area (Å²) in [7, 11) is 1.86. The maximum absolute atomic E-state index is 11.8. The van der Waals surface area contributed by atoms with Gasteiger partial charge in [0.2, 0.25) is 0 Å². The average Bonchev–Trinajstić information content (AvgIpc) is 2.76. The highest BCUT2D eigenvalue weighted by atomic mass is 31.2. The van der Waals surface area contributed by atoms with Crippen LogP contribution in [0.1, 0.15) is 129 Å². The predicted octanol–water partition coefficient (Wildman–Crippen LogP) is 7.62. The van der Waals surface area contributed by atoms with Gasteiger partial charge in [0.25, 0.3) is 0 Å². The zero-order chi connectivity index (χ0) is 25.5. The third-order valence-corrected chi connectivity index (χ3v) is 7.32. The number of hydrogen-bond donors (Lipinski definition) is 2. The van der Waals surface area contributed by atoms with Gasteiger partial charge in [0, 0.05) is 0 Å². The number of rotatable bonds is 26. The molecular formula is C27H59NO5P+. The molecule has 0 spiro atoms. The van der Waals surface area contributed by atoms with Gasteiger partial charge in [-0.25, -0.2) is 4.57 Å². The molecule has 0 amide bonds. The lowest BCUT2D eigenvalue weighted by Gasteiger charge is -2.24. The van der Waals surface area contributed by atoms with Gasteiger partial charge >= 0.3 is 7.82 Å². The van der Waals surface area contributed by atoms with E-state index in [1.165, 1.54) is 103 Å². The third kappa shape index (κ3) is 26.6. The molecule has 0 aliphatic rings. The Morgan fingerprint density at radius 1 is 0.676 bits per heavy atom. The van der Waals surface area contributed by atoms with E-state index < -0.39 is 13.9 Å². The van der Waals surface area contributed by atoms with Crippen LogP contribution in [0.3, 0.4) is 0 Å². The molecular weight excluding hydrogens is 449 g/mol. The molecule has 0 saturated carbocycles. The number of phosphoric ester groups is 1. The highest BCUT2D eigenvalue weighted by molar-refractivity contribution is 7.47. The normalized spacial score (nSPS) is 14.9. The molecule has 206 valence electrons. The van der Waals surface area contributed by atoms with Crippen molar-refractivity contribution < 1.29 is 28.1 Å². The SMILES string of the molecule is CCCCCCCCCCCCCCCCCCCCC(O)COP(=O)(O)OCC[N+](C)(C)C. The number of quaternary nitrogens is 1. The molecule has 0 aromatic heterocycles. The highest BCUT2D eigenvalue weighted by Gasteiger charge is 2.23. The van der Waals surface area contributed by atoms with Gasteiger partial charge in [-0.3, -0.25) is 9.05 Å². The molecule has 0 bridgehead atoms. The van der Waals surface area contributed by atoms with Crippen LogP contribution in [0.25, 0.3) is 0 Å². The van der Waals surface area contributed by atoms with Gasteiger partial charge in [-0.2, -0.15) is 0 Å². The van der Waals surface area contributed by atoms with E-state index in [1.807, 2.05) is 21.1 Å². The Labute approximate surface area is 212 Å². The largest absolute Gasteiger partial charge is 0.472 e. The Morgan fingerprint density at radius 2 is 1.06 bits per heavy atom. The Hall–Kier alpha value is 0.0300. The van der Waals surface area contributed by atoms with Gasteiger partial charge in [-0.15, -0.1) is 0 Å². The van der Waals surface area contributed by atoms with Crippen LogP contribution in [0.15, 0.2) is 0 Å². The first-order valence-electron chi connectivity index (χ1n) is 14.3. The van der Waals surface area contributed by atoms with Crippen LogP contribution in [0, 0.1) is 0 Å². The third-order valence-electron chi connectivity index (χ3n) is 6.34. The molecule has 2 N–H and O–H groups in total. The summed E-state index contributed by atoms with van der Waals surface area (Å²) in [6.45, 7) is 2.87. The first-order valence-corrected chi connectivity index (χ1v) is 15.8. The summed E-state index contributed by atoms with van der Waals surface area (Å²) < 4.78 is 22.4. The molecule has 0 radical (unpaired) electrons. The number of hydrogen-bond acceptors (Lipinski definition) is 4. The fraction of sp³-hybridized carbons (Fsp3) is 1.00. The summed E-state index contributed by atoms with van der Waals surface area (Å²) in [6.07, 6.45) is 23.9. The Bertz CT molecular complexity index is 484. The van der Waals surface area contributed by atoms with Crippen molar-refractivity contribution in [2.45, 2.75) is 135 Å². The van der Waals surface area contributed by atoms with E-state index in [1.54, 1.807) is 0 Å². The van der Waals surface area contributed by atoms with Crippen LogP contribution in [-0.4, -0.2) is 61.5 Å². The van der Waals surface area contributed by atoms with Gasteiger partial charge < -0.3 is 14.5 Å². The van der Waals surface area contributed by atoms with Crippen molar-refractivity contribution in [2.24, 2.45) is 0 Å². The number of aliphatic hydroxyl groups is 1. The summed E-state index contributed by atoms with van der Waals surface area (Å²) in [5.74, 6) is 0. The van der Waals surface area contributed by atoms with E-state index >= 15 is 0 Å². The molecule has 34 heavy (non-hydrogen) atoms. The summed E-state index contributed by atoms with van der Waals surface area (Å²) >= 11 is 0. The molecule has 2 atom stereocenters. The number of phosphoric acid groups is 1. The highest BCUT2D eigenvalue weighted by Crippen LogP contribution is 2.43. The van der Waals surface area contributed by atoms with Crippen LogP contribution in [0.4, 0.5) is 0 Å². The van der Waals surface area contributed by atoms with E-state index in [2.05, 4.69) is 6.92 Å². The minimum Gasteiger partial charge on any atom is -0.391 e. The fourth-order valence-electron chi connectivity index (χ4n) is 4.01. The van der Waals surface area contributed by atoms with Crippen molar-refractivity contribution in [1.29, 1.82) is 0 Å². The fourth-order valence-corrected chi connectivity index (χ4v) is 4.76. The van der Waals surface area contributed by atoms with E-state index in [4.69, 9.17) is 9.05 Å². The van der Waals surface area contributed by atoms with E-state index in [9.17, 15) is 14.6 Å². The zero-order valence-electron chi connectivity index (χ0n) is 23.1. The second-order valence-electron chi connectivity index (χ2n) is 11.1. The summed E-state index contributed by atoms with van der Waals surface area (Å²) in [5, 5.41) is 9.99. The number of aliphatic hydroxyl groups excluding tert-OH is 1. The second-order valence-corrected chi connectivity index (χ2v) is 12.5. The van der Waals surface area contributed by atoms with Crippen molar-refractivity contribution >= 4 is 7.82 Å². The molecule has 7 heteroatoms. The molecule has 2 unspecified atom stereocenters. The van der Waals surface area contributed by atoms with Crippen molar-refractivity contribution in [3.63, 3.8) is 0 Å². The Kier molecular flexibility index (Phi) is 22.3. The Morgan fingerprint density at radius 3 is 1.44 bits per heavy atom. The molecule has 0 rings (SSSR count). The Balaban J connectivity index is 3.37. The first-order chi connectivity index (χ1) is 16.2. The van der Waals surface area contributed by atoms with Gasteiger partial charge in [-0.05, 0) is 6.42 Å². The number of nitrogens with zero attached hydrogens (tertiary/aromatic N) is 1. The first kappa shape index (κ1) is 34.0. The maximum Gasteiger partial charge on any atom is 0.472 e. The smallest absolute Gasteiger partial charge is 0.391 e. The van der Waals surface area contributed by atoms with Crippen molar-refractivity contribution in [2.75, 3.05) is 40.9 Å². The molecule has 0 aliphatic heterocycles. The van der Waals surface area contributed by atoms with Gasteiger partial charge in [0.15, 0.2) is 0 Å². The van der Waals surface area contributed by atoms with Crippen LogP contribution in [0.5, 0.6) is 0 Å². The van der Waals surface area contributed by atoms with Gasteiger partial charge in [0.05, 0.1) is 33.9 Å². The molecule has 6 nitrogen and oxygen atoms in total. The van der Waals surface area contributed by atoms with E-state index in [0.717, 1.165) is 12.8 Å². The standard InChI is InChI=1S/C27H58NO5P/c1-5-6-7-8-9-10-11-12-13-14-15-16-17-18-19-20-21-22-23-27(29)26-33-34(30,31)32-25-24-28(2,3)4/h27,29H,5-26H2,1-4H3/p+1. The summed E-state index contributed by atoms with van der Waals surface area (Å²) in [5.41, 5.74) is 0. The van der Waals surface area contributed by atoms with Crippen molar-refractivity contribution in [1.82, 2.24) is 0 Å². The van der Waals surface area contributed by atoms with Crippen LogP contribution >= 0.6 is 7.82 Å².